The lowest BCUT2D eigenvalue weighted by Gasteiger charge is -2.37. The van der Waals surface area contributed by atoms with Crippen LogP contribution in [0, 0.1) is 11.7 Å². The van der Waals surface area contributed by atoms with Gasteiger partial charge in [-0.3, -0.25) is 9.29 Å². The minimum Gasteiger partial charge on any atom is -0.508 e. The third-order valence-electron chi connectivity index (χ3n) is 6.63. The fourth-order valence-corrected chi connectivity index (χ4v) is 4.95. The summed E-state index contributed by atoms with van der Waals surface area (Å²) in [4.78, 5) is 2.17. The fraction of sp³-hybridized carbons (Fsp3) is 0.286. The number of aromatic hydroxyl groups is 1. The van der Waals surface area contributed by atoms with Crippen LogP contribution in [0.25, 0.3) is 11.1 Å². The molecular formula is C28H26ClF2NO3. The summed E-state index contributed by atoms with van der Waals surface area (Å²) in [6.07, 6.45) is -0.529. The fourth-order valence-electron chi connectivity index (χ4n) is 4.72. The number of ether oxygens (including phenoxy) is 2. The third kappa shape index (κ3) is 4.73. The number of phenols is 1. The van der Waals surface area contributed by atoms with E-state index >= 15 is 0 Å². The van der Waals surface area contributed by atoms with Gasteiger partial charge in [-0.05, 0) is 54.5 Å². The Balaban J connectivity index is 1.41. The minimum atomic E-state index is -0.529. The van der Waals surface area contributed by atoms with Gasteiger partial charge >= 0.3 is 0 Å². The highest BCUT2D eigenvalue weighted by Gasteiger charge is 2.31. The molecule has 0 aromatic heterocycles. The molecule has 0 bridgehead atoms. The van der Waals surface area contributed by atoms with E-state index in [1.807, 2.05) is 31.2 Å². The second-order valence-corrected chi connectivity index (χ2v) is 9.39. The highest BCUT2D eigenvalue weighted by Crippen LogP contribution is 2.49. The Kier molecular flexibility index (Phi) is 6.67. The predicted molar refractivity (Wildman–Crippen MR) is 133 cm³/mol. The van der Waals surface area contributed by atoms with Crippen LogP contribution < -0.4 is 9.47 Å². The molecule has 0 aliphatic carbocycles. The van der Waals surface area contributed by atoms with Crippen molar-refractivity contribution >= 4 is 22.7 Å². The van der Waals surface area contributed by atoms with E-state index in [1.165, 1.54) is 6.07 Å². The molecule has 0 radical (unpaired) electrons. The molecule has 2 aliphatic rings. The van der Waals surface area contributed by atoms with Crippen molar-refractivity contribution in [1.29, 1.82) is 0 Å². The van der Waals surface area contributed by atoms with Gasteiger partial charge in [0, 0.05) is 42.3 Å². The molecule has 2 heterocycles. The van der Waals surface area contributed by atoms with Gasteiger partial charge in [0.05, 0.1) is 11.7 Å². The summed E-state index contributed by atoms with van der Waals surface area (Å²) < 4.78 is 39.2. The van der Waals surface area contributed by atoms with Crippen molar-refractivity contribution in [3.63, 3.8) is 0 Å². The molecule has 4 nitrogen and oxygen atoms in total. The van der Waals surface area contributed by atoms with Gasteiger partial charge in [-0.25, -0.2) is 4.39 Å². The molecule has 35 heavy (non-hydrogen) atoms. The van der Waals surface area contributed by atoms with Gasteiger partial charge in [0.2, 0.25) is 0 Å². The summed E-state index contributed by atoms with van der Waals surface area (Å²) in [5.41, 5.74) is 3.73. The van der Waals surface area contributed by atoms with Crippen LogP contribution in [-0.2, 0) is 0 Å². The number of nitrogens with zero attached hydrogens (tertiary/aromatic N) is 1. The standard InChI is InChI=1S/C28H26ClF2NO3/c1-17-23-13-20(33)7-10-25(23)35-28(26(17)22-3-2-4-24(31)27(22)29)19-5-8-21(9-6-19)34-12-11-32-15-18(14-30)16-32/h2-10,13,18,28,33H,11-12,14-16H2,1H3. The van der Waals surface area contributed by atoms with E-state index in [1.54, 1.807) is 30.3 Å². The molecule has 3 aromatic carbocycles. The molecule has 182 valence electrons. The van der Waals surface area contributed by atoms with Crippen LogP contribution in [0.2, 0.25) is 5.02 Å². The average molecular weight is 498 g/mol. The first-order valence-electron chi connectivity index (χ1n) is 11.6. The number of rotatable bonds is 7. The number of benzene rings is 3. The monoisotopic (exact) mass is 497 g/mol. The molecule has 1 N–H and O–H groups in total. The first-order valence-corrected chi connectivity index (χ1v) is 12.0. The van der Waals surface area contributed by atoms with Crippen molar-refractivity contribution in [3.05, 3.63) is 88.2 Å². The van der Waals surface area contributed by atoms with Gasteiger partial charge in [0.15, 0.2) is 0 Å². The summed E-state index contributed by atoms with van der Waals surface area (Å²) in [6.45, 7) is 4.52. The number of alkyl halides is 1. The lowest BCUT2D eigenvalue weighted by Crippen LogP contribution is -2.49. The molecule has 2 aliphatic heterocycles. The van der Waals surface area contributed by atoms with Crippen molar-refractivity contribution in [2.24, 2.45) is 5.92 Å². The van der Waals surface area contributed by atoms with E-state index in [0.29, 0.717) is 17.9 Å². The zero-order chi connectivity index (χ0) is 24.5. The van der Waals surface area contributed by atoms with E-state index in [-0.39, 0.29) is 23.4 Å². The molecule has 7 heteroatoms. The molecule has 0 spiro atoms. The summed E-state index contributed by atoms with van der Waals surface area (Å²) >= 11 is 6.39. The molecule has 3 aromatic rings. The number of allylic oxidation sites excluding steroid dienone is 1. The van der Waals surface area contributed by atoms with E-state index in [0.717, 1.165) is 47.7 Å². The highest BCUT2D eigenvalue weighted by molar-refractivity contribution is 6.33. The maximum absolute atomic E-state index is 14.4. The first kappa shape index (κ1) is 23.6. The van der Waals surface area contributed by atoms with Crippen LogP contribution in [0.3, 0.4) is 0 Å². The number of hydrogen-bond acceptors (Lipinski definition) is 4. The van der Waals surface area contributed by atoms with Gasteiger partial charge in [-0.2, -0.15) is 0 Å². The SMILES string of the molecule is CC1=C(c2cccc(F)c2Cl)C(c2ccc(OCCN3CC(CF)C3)cc2)Oc2ccc(O)cc21. The molecule has 1 fully saturated rings. The predicted octanol–water partition coefficient (Wildman–Crippen LogP) is 6.53. The number of phenolic OH excluding ortho intramolecular Hbond substituents is 1. The largest absolute Gasteiger partial charge is 0.508 e. The van der Waals surface area contributed by atoms with Gasteiger partial charge in [0.25, 0.3) is 0 Å². The van der Waals surface area contributed by atoms with E-state index in [2.05, 4.69) is 4.90 Å². The van der Waals surface area contributed by atoms with Crippen LogP contribution in [0.4, 0.5) is 8.78 Å². The third-order valence-corrected chi connectivity index (χ3v) is 7.01. The maximum Gasteiger partial charge on any atom is 0.150 e. The lowest BCUT2D eigenvalue weighted by atomic mass is 9.86. The smallest absolute Gasteiger partial charge is 0.150 e. The zero-order valence-electron chi connectivity index (χ0n) is 19.3. The molecular weight excluding hydrogens is 472 g/mol. The Hall–Kier alpha value is -3.09. The molecule has 1 atom stereocenters. The zero-order valence-corrected chi connectivity index (χ0v) is 20.1. The van der Waals surface area contributed by atoms with Gasteiger partial charge in [0.1, 0.15) is 35.8 Å². The van der Waals surface area contributed by atoms with Gasteiger partial charge < -0.3 is 14.6 Å². The second kappa shape index (κ2) is 9.88. The van der Waals surface area contributed by atoms with Crippen LogP contribution in [-0.4, -0.2) is 42.9 Å². The molecule has 0 saturated carbocycles. The number of halogens is 3. The lowest BCUT2D eigenvalue weighted by molar-refractivity contribution is 0.0668. The normalized spacial score (nSPS) is 18.1. The first-order chi connectivity index (χ1) is 16.9. The Labute approximate surface area is 208 Å². The van der Waals surface area contributed by atoms with Crippen molar-refractivity contribution in [2.45, 2.75) is 13.0 Å². The van der Waals surface area contributed by atoms with Gasteiger partial charge in [-0.15, -0.1) is 0 Å². The number of fused-ring (bicyclic) bond motifs is 1. The Morgan fingerprint density at radius 2 is 1.86 bits per heavy atom. The maximum atomic E-state index is 14.4. The second-order valence-electron chi connectivity index (χ2n) is 9.02. The minimum absolute atomic E-state index is 0.0278. The average Bonchev–Trinajstić information content (AvgIpc) is 2.83. The number of likely N-dealkylation sites (tertiary alicyclic amines) is 1. The van der Waals surface area contributed by atoms with Crippen molar-refractivity contribution < 1.29 is 23.4 Å². The Bertz CT molecular complexity index is 1260. The summed E-state index contributed by atoms with van der Waals surface area (Å²) in [7, 11) is 0. The molecule has 5 rings (SSSR count). The summed E-state index contributed by atoms with van der Waals surface area (Å²) in [6, 6.07) is 17.3. The van der Waals surface area contributed by atoms with Crippen LogP contribution in [0.5, 0.6) is 17.2 Å². The van der Waals surface area contributed by atoms with Crippen LogP contribution in [0.15, 0.2) is 60.7 Å². The van der Waals surface area contributed by atoms with Crippen LogP contribution >= 0.6 is 11.6 Å². The van der Waals surface area contributed by atoms with Crippen molar-refractivity contribution in [3.8, 4) is 17.2 Å². The van der Waals surface area contributed by atoms with E-state index in [4.69, 9.17) is 21.1 Å². The van der Waals surface area contributed by atoms with Crippen LogP contribution in [0.1, 0.15) is 29.7 Å². The van der Waals surface area contributed by atoms with E-state index in [9.17, 15) is 13.9 Å². The summed E-state index contributed by atoms with van der Waals surface area (Å²) in [5.74, 6) is 1.13. The Morgan fingerprint density at radius 3 is 2.60 bits per heavy atom. The van der Waals surface area contributed by atoms with Crippen molar-refractivity contribution in [2.75, 3.05) is 32.9 Å². The van der Waals surface area contributed by atoms with Gasteiger partial charge in [-0.1, -0.05) is 35.9 Å². The molecule has 1 saturated heterocycles. The van der Waals surface area contributed by atoms with E-state index < -0.39 is 11.9 Å². The molecule has 1 unspecified atom stereocenters. The van der Waals surface area contributed by atoms with Crippen molar-refractivity contribution in [1.82, 2.24) is 4.90 Å². The number of hydrogen-bond donors (Lipinski definition) is 1. The Morgan fingerprint density at radius 1 is 1.09 bits per heavy atom. The highest BCUT2D eigenvalue weighted by atomic mass is 35.5. The topological polar surface area (TPSA) is 41.9 Å². The molecule has 0 amide bonds. The quantitative estimate of drug-likeness (QED) is 0.403. The summed E-state index contributed by atoms with van der Waals surface area (Å²) in [5, 5.41) is 10.1.